The van der Waals surface area contributed by atoms with Gasteiger partial charge >= 0.3 is 0 Å². The molecule has 0 bridgehead atoms. The lowest BCUT2D eigenvalue weighted by atomic mass is 10.2. The van der Waals surface area contributed by atoms with Crippen LogP contribution in [-0.4, -0.2) is 72.8 Å². The van der Waals surface area contributed by atoms with Gasteiger partial charge in [-0.25, -0.2) is 4.98 Å². The van der Waals surface area contributed by atoms with Crippen LogP contribution in [0.5, 0.6) is 0 Å². The van der Waals surface area contributed by atoms with Gasteiger partial charge in [0, 0.05) is 50.9 Å². The van der Waals surface area contributed by atoms with Crippen LogP contribution in [-0.2, 0) is 16.1 Å². The zero-order chi connectivity index (χ0) is 21.2. The third-order valence-corrected chi connectivity index (χ3v) is 6.38. The molecule has 0 radical (unpaired) electrons. The van der Waals surface area contributed by atoms with Crippen molar-refractivity contribution in [3.63, 3.8) is 0 Å². The normalized spacial score (nSPS) is 17.4. The minimum Gasteiger partial charge on any atom is -0.378 e. The van der Waals surface area contributed by atoms with Crippen LogP contribution in [0.15, 0.2) is 48.7 Å². The Labute approximate surface area is 186 Å². The van der Waals surface area contributed by atoms with Gasteiger partial charge in [0.15, 0.2) is 0 Å². The SMILES string of the molecule is O=C(Cn1ccc2ccc(N3CCOCC3)nc21)N1CCN(c2ccccc2Cl)CC1. The first-order valence-electron chi connectivity index (χ1n) is 10.7. The van der Waals surface area contributed by atoms with Gasteiger partial charge in [-0.1, -0.05) is 23.7 Å². The zero-order valence-electron chi connectivity index (χ0n) is 17.4. The van der Waals surface area contributed by atoms with Crippen LogP contribution in [0, 0.1) is 0 Å². The number of para-hydroxylation sites is 1. The molecule has 1 aromatic carbocycles. The summed E-state index contributed by atoms with van der Waals surface area (Å²) >= 11 is 6.33. The fourth-order valence-corrected chi connectivity index (χ4v) is 4.55. The first-order chi connectivity index (χ1) is 15.2. The topological polar surface area (TPSA) is 53.8 Å². The van der Waals surface area contributed by atoms with Gasteiger partial charge in [0.05, 0.1) is 23.9 Å². The number of benzene rings is 1. The zero-order valence-corrected chi connectivity index (χ0v) is 18.2. The number of carbonyl (C=O) groups is 1. The van der Waals surface area contributed by atoms with E-state index in [0.717, 1.165) is 67.0 Å². The van der Waals surface area contributed by atoms with E-state index < -0.39 is 0 Å². The predicted octanol–water partition coefficient (Wildman–Crippen LogP) is 2.88. The number of anilines is 2. The lowest BCUT2D eigenvalue weighted by Gasteiger charge is -2.36. The summed E-state index contributed by atoms with van der Waals surface area (Å²) in [5.41, 5.74) is 1.89. The maximum atomic E-state index is 13.0. The van der Waals surface area contributed by atoms with Crippen molar-refractivity contribution in [2.24, 2.45) is 0 Å². The summed E-state index contributed by atoms with van der Waals surface area (Å²) in [6, 6.07) is 14.0. The molecule has 1 amide bonds. The van der Waals surface area contributed by atoms with Crippen LogP contribution in [0.2, 0.25) is 5.02 Å². The molecule has 3 aromatic rings. The van der Waals surface area contributed by atoms with Crippen molar-refractivity contribution in [2.75, 3.05) is 62.3 Å². The second-order valence-electron chi connectivity index (χ2n) is 7.94. The number of piperazine rings is 1. The Morgan fingerprint density at radius 1 is 0.935 bits per heavy atom. The van der Waals surface area contributed by atoms with E-state index in [0.29, 0.717) is 19.6 Å². The summed E-state index contributed by atoms with van der Waals surface area (Å²) < 4.78 is 7.40. The summed E-state index contributed by atoms with van der Waals surface area (Å²) in [6.07, 6.45) is 1.96. The van der Waals surface area contributed by atoms with E-state index in [4.69, 9.17) is 21.3 Å². The van der Waals surface area contributed by atoms with E-state index in [2.05, 4.69) is 15.9 Å². The molecule has 2 fully saturated rings. The number of amides is 1. The van der Waals surface area contributed by atoms with Crippen LogP contribution in [0.1, 0.15) is 0 Å². The Bertz CT molecular complexity index is 1070. The number of halogens is 1. The van der Waals surface area contributed by atoms with Crippen molar-refractivity contribution in [3.05, 3.63) is 53.7 Å². The largest absolute Gasteiger partial charge is 0.378 e. The number of nitrogens with zero attached hydrogens (tertiary/aromatic N) is 5. The maximum Gasteiger partial charge on any atom is 0.242 e. The van der Waals surface area contributed by atoms with Gasteiger partial charge in [-0.15, -0.1) is 0 Å². The molecule has 0 N–H and O–H groups in total. The van der Waals surface area contributed by atoms with Gasteiger partial charge in [-0.05, 0) is 30.3 Å². The average Bonchev–Trinajstić information content (AvgIpc) is 3.22. The highest BCUT2D eigenvalue weighted by Gasteiger charge is 2.23. The number of morpholine rings is 1. The van der Waals surface area contributed by atoms with Crippen molar-refractivity contribution in [3.8, 4) is 0 Å². The van der Waals surface area contributed by atoms with E-state index in [1.165, 1.54) is 0 Å². The van der Waals surface area contributed by atoms with E-state index in [1.54, 1.807) is 0 Å². The molecule has 0 unspecified atom stereocenters. The van der Waals surface area contributed by atoms with Crippen molar-refractivity contribution in [1.82, 2.24) is 14.5 Å². The van der Waals surface area contributed by atoms with Crippen LogP contribution < -0.4 is 9.80 Å². The van der Waals surface area contributed by atoms with Crippen molar-refractivity contribution < 1.29 is 9.53 Å². The molecule has 0 aliphatic carbocycles. The van der Waals surface area contributed by atoms with Gasteiger partial charge in [0.25, 0.3) is 0 Å². The summed E-state index contributed by atoms with van der Waals surface area (Å²) in [5.74, 6) is 1.06. The molecule has 0 saturated carbocycles. The summed E-state index contributed by atoms with van der Waals surface area (Å²) in [7, 11) is 0. The lowest BCUT2D eigenvalue weighted by molar-refractivity contribution is -0.132. The molecule has 8 heteroatoms. The predicted molar refractivity (Wildman–Crippen MR) is 123 cm³/mol. The summed E-state index contributed by atoms with van der Waals surface area (Å²) in [4.78, 5) is 24.3. The quantitative estimate of drug-likeness (QED) is 0.625. The van der Waals surface area contributed by atoms with E-state index in [1.807, 2.05) is 52.1 Å². The standard InChI is InChI=1S/C23H26ClN5O2/c24-19-3-1-2-4-20(19)26-9-11-28(12-10-26)22(30)17-29-8-7-18-5-6-21(25-23(18)29)27-13-15-31-16-14-27/h1-8H,9-17H2. The fourth-order valence-electron chi connectivity index (χ4n) is 4.30. The van der Waals surface area contributed by atoms with E-state index in [-0.39, 0.29) is 5.91 Å². The molecule has 2 aromatic heterocycles. The van der Waals surface area contributed by atoms with Gasteiger partial charge in [-0.2, -0.15) is 0 Å². The molecule has 162 valence electrons. The number of carbonyl (C=O) groups excluding carboxylic acids is 1. The Morgan fingerprint density at radius 2 is 1.71 bits per heavy atom. The molecule has 2 aliphatic rings. The summed E-state index contributed by atoms with van der Waals surface area (Å²) in [5, 5.41) is 1.80. The number of hydrogen-bond donors (Lipinski definition) is 0. The Hall–Kier alpha value is -2.77. The van der Waals surface area contributed by atoms with Crippen LogP contribution in [0.3, 0.4) is 0 Å². The van der Waals surface area contributed by atoms with Crippen LogP contribution in [0.4, 0.5) is 11.5 Å². The monoisotopic (exact) mass is 439 g/mol. The minimum absolute atomic E-state index is 0.120. The van der Waals surface area contributed by atoms with Crippen LogP contribution in [0.25, 0.3) is 11.0 Å². The number of fused-ring (bicyclic) bond motifs is 1. The maximum absolute atomic E-state index is 13.0. The van der Waals surface area contributed by atoms with E-state index >= 15 is 0 Å². The number of rotatable bonds is 4. The highest BCUT2D eigenvalue weighted by molar-refractivity contribution is 6.33. The van der Waals surface area contributed by atoms with Crippen LogP contribution >= 0.6 is 11.6 Å². The van der Waals surface area contributed by atoms with Crippen molar-refractivity contribution >= 4 is 40.0 Å². The Kier molecular flexibility index (Phi) is 5.70. The lowest BCUT2D eigenvalue weighted by Crippen LogP contribution is -2.49. The average molecular weight is 440 g/mol. The Balaban J connectivity index is 1.26. The van der Waals surface area contributed by atoms with Crippen molar-refractivity contribution in [1.29, 1.82) is 0 Å². The minimum atomic E-state index is 0.120. The van der Waals surface area contributed by atoms with E-state index in [9.17, 15) is 4.79 Å². The Morgan fingerprint density at radius 3 is 2.48 bits per heavy atom. The number of pyridine rings is 1. The first-order valence-corrected chi connectivity index (χ1v) is 11.1. The number of hydrogen-bond acceptors (Lipinski definition) is 5. The molecular formula is C23H26ClN5O2. The van der Waals surface area contributed by atoms with Gasteiger partial charge in [-0.3, -0.25) is 4.79 Å². The molecule has 0 spiro atoms. The fraction of sp³-hybridized carbons (Fsp3) is 0.391. The summed E-state index contributed by atoms with van der Waals surface area (Å²) in [6.45, 7) is 6.36. The number of ether oxygens (including phenoxy) is 1. The molecule has 2 aliphatic heterocycles. The number of aromatic nitrogens is 2. The van der Waals surface area contributed by atoms with Gasteiger partial charge in [0.2, 0.25) is 5.91 Å². The molecule has 2 saturated heterocycles. The first kappa shape index (κ1) is 20.2. The molecule has 31 heavy (non-hydrogen) atoms. The van der Waals surface area contributed by atoms with Gasteiger partial charge in [0.1, 0.15) is 18.0 Å². The molecule has 4 heterocycles. The second-order valence-corrected chi connectivity index (χ2v) is 8.35. The van der Waals surface area contributed by atoms with Gasteiger partial charge < -0.3 is 24.0 Å². The highest BCUT2D eigenvalue weighted by Crippen LogP contribution is 2.26. The molecular weight excluding hydrogens is 414 g/mol. The molecule has 0 atom stereocenters. The second kappa shape index (κ2) is 8.77. The molecule has 7 nitrogen and oxygen atoms in total. The molecule has 5 rings (SSSR count). The third-order valence-electron chi connectivity index (χ3n) is 6.06. The third kappa shape index (κ3) is 4.20. The smallest absolute Gasteiger partial charge is 0.242 e. The van der Waals surface area contributed by atoms with Crippen molar-refractivity contribution in [2.45, 2.75) is 6.54 Å². The highest BCUT2D eigenvalue weighted by atomic mass is 35.5.